The zero-order valence-corrected chi connectivity index (χ0v) is 25.7. The summed E-state index contributed by atoms with van der Waals surface area (Å²) < 4.78 is 1.85. The molecule has 2 atom stereocenters. The van der Waals surface area contributed by atoms with E-state index in [0.717, 1.165) is 12.8 Å². The quantitative estimate of drug-likeness (QED) is 0.339. The third-order valence-corrected chi connectivity index (χ3v) is 19.2. The molecule has 0 radical (unpaired) electrons. The molecule has 1 aliphatic rings. The van der Waals surface area contributed by atoms with Crippen LogP contribution in [0.4, 0.5) is 0 Å². The molecule has 0 heterocycles. The number of hydrogen-bond acceptors (Lipinski definition) is 0. The van der Waals surface area contributed by atoms with Crippen molar-refractivity contribution in [2.75, 3.05) is 0 Å². The molecule has 0 bridgehead atoms. The number of hydrogen-bond donors (Lipinski definition) is 0. The van der Waals surface area contributed by atoms with Gasteiger partial charge in [-0.1, -0.05) is 0 Å². The van der Waals surface area contributed by atoms with E-state index in [-0.39, 0.29) is 5.04 Å². The SMILES string of the molecule is CCc1cc(CC)cc([Si](c2ccccc2)(C(C)C)C2(C)C(C)=C(C)C(C)=[C]2[Ti]([CH3])([CH3])[CH3])c1. The number of allylic oxidation sites excluding steroid dienone is 4. The minimum atomic E-state index is -2.30. The van der Waals surface area contributed by atoms with Crippen LogP contribution in [-0.4, -0.2) is 8.07 Å². The number of benzene rings is 2. The Morgan fingerprint density at radius 3 is 1.73 bits per heavy atom. The van der Waals surface area contributed by atoms with E-state index < -0.39 is 24.7 Å². The van der Waals surface area contributed by atoms with Crippen molar-refractivity contribution in [1.29, 1.82) is 0 Å². The zero-order chi connectivity index (χ0) is 24.8. The van der Waals surface area contributed by atoms with E-state index >= 15 is 0 Å². The Kier molecular flexibility index (Phi) is 7.60. The molecule has 3 rings (SSSR count). The molecule has 2 aromatic rings. The van der Waals surface area contributed by atoms with Gasteiger partial charge in [0, 0.05) is 0 Å². The summed E-state index contributed by atoms with van der Waals surface area (Å²) in [5, 5.41) is 11.2. The van der Waals surface area contributed by atoms with Crippen LogP contribution in [0.3, 0.4) is 0 Å². The Balaban J connectivity index is 2.59. The molecule has 0 saturated heterocycles. The Bertz CT molecular complexity index is 1060. The van der Waals surface area contributed by atoms with Gasteiger partial charge in [-0.15, -0.1) is 0 Å². The molecule has 0 aliphatic heterocycles. The van der Waals surface area contributed by atoms with Crippen LogP contribution in [0.25, 0.3) is 0 Å². The average molecular weight is 495 g/mol. The standard InChI is InChI=1S/C28H37Si.3CH3.Ti/c1-9-24-16-25(10-2)18-27(17-24)29(20(3)4,26-14-12-11-13-15-26)28(8)19-21(5)22(6)23(28)7;;;;/h11-18,20H,9-10H2,1-8H3;3*1H3;. The van der Waals surface area contributed by atoms with E-state index in [1.165, 1.54) is 11.1 Å². The van der Waals surface area contributed by atoms with Gasteiger partial charge in [0.1, 0.15) is 0 Å². The van der Waals surface area contributed by atoms with Crippen LogP contribution in [0, 0.1) is 0 Å². The Morgan fingerprint density at radius 2 is 1.30 bits per heavy atom. The van der Waals surface area contributed by atoms with Crippen LogP contribution in [0.1, 0.15) is 66.5 Å². The van der Waals surface area contributed by atoms with Crippen LogP contribution < -0.4 is 10.4 Å². The molecule has 0 spiro atoms. The topological polar surface area (TPSA) is 0 Å². The maximum absolute atomic E-state index is 2.66. The summed E-state index contributed by atoms with van der Waals surface area (Å²) in [5.41, 5.74) is 8.38. The second-order valence-electron chi connectivity index (χ2n) is 11.7. The summed E-state index contributed by atoms with van der Waals surface area (Å²) >= 11 is -2.20. The summed E-state index contributed by atoms with van der Waals surface area (Å²) in [4.78, 5) is 0. The van der Waals surface area contributed by atoms with Crippen LogP contribution >= 0.6 is 0 Å². The fourth-order valence-corrected chi connectivity index (χ4v) is 21.3. The molecule has 1 aliphatic carbocycles. The van der Waals surface area contributed by atoms with Gasteiger partial charge >= 0.3 is 210 Å². The van der Waals surface area contributed by atoms with E-state index in [2.05, 4.69) is 120 Å². The predicted molar refractivity (Wildman–Crippen MR) is 149 cm³/mol. The van der Waals surface area contributed by atoms with Gasteiger partial charge in [-0.05, 0) is 0 Å². The Labute approximate surface area is 209 Å². The first-order valence-corrected chi connectivity index (χ1v) is 20.5. The van der Waals surface area contributed by atoms with E-state index in [4.69, 9.17) is 0 Å². The van der Waals surface area contributed by atoms with Gasteiger partial charge in [0.05, 0.1) is 0 Å². The maximum atomic E-state index is 2.66. The van der Waals surface area contributed by atoms with E-state index in [1.54, 1.807) is 27.1 Å². The molecular formula is C31H46SiTi. The van der Waals surface area contributed by atoms with E-state index in [1.807, 2.05) is 3.88 Å². The molecule has 0 amide bonds. The molecule has 0 fully saturated rings. The fraction of sp³-hybridized carbons (Fsp3) is 0.484. The summed E-state index contributed by atoms with van der Waals surface area (Å²) in [6.07, 6.45) is 2.20. The molecular weight excluding hydrogens is 448 g/mol. The van der Waals surface area contributed by atoms with Crippen LogP contribution in [0.5, 0.6) is 0 Å². The summed E-state index contributed by atoms with van der Waals surface area (Å²) in [6, 6.07) is 19.3. The van der Waals surface area contributed by atoms with Gasteiger partial charge in [0.2, 0.25) is 0 Å². The van der Waals surface area contributed by atoms with Gasteiger partial charge in [-0.3, -0.25) is 0 Å². The molecule has 0 aromatic heterocycles. The van der Waals surface area contributed by atoms with Gasteiger partial charge < -0.3 is 0 Å². The van der Waals surface area contributed by atoms with Gasteiger partial charge in [-0.2, -0.15) is 0 Å². The van der Waals surface area contributed by atoms with Crippen LogP contribution in [-0.2, 0) is 29.4 Å². The summed E-state index contributed by atoms with van der Waals surface area (Å²) in [7, 11) is -2.30. The predicted octanol–water partition coefficient (Wildman–Crippen LogP) is 8.47. The molecule has 2 aromatic carbocycles. The summed E-state index contributed by atoms with van der Waals surface area (Å²) in [5.74, 6) is 0. The van der Waals surface area contributed by atoms with Crippen molar-refractivity contribution in [2.45, 2.75) is 94.5 Å². The molecule has 178 valence electrons. The molecule has 0 saturated carbocycles. The zero-order valence-electron chi connectivity index (χ0n) is 23.1. The Morgan fingerprint density at radius 1 is 0.788 bits per heavy atom. The van der Waals surface area contributed by atoms with Crippen molar-refractivity contribution in [1.82, 2.24) is 0 Å². The van der Waals surface area contributed by atoms with Gasteiger partial charge in [-0.25, -0.2) is 0 Å². The third-order valence-electron chi connectivity index (χ3n) is 8.71. The van der Waals surface area contributed by atoms with Crippen molar-refractivity contribution in [3.8, 4) is 0 Å². The first kappa shape index (κ1) is 26.5. The van der Waals surface area contributed by atoms with Crippen molar-refractivity contribution in [3.05, 3.63) is 80.3 Å². The third kappa shape index (κ3) is 4.03. The summed E-state index contributed by atoms with van der Waals surface area (Å²) in [6.45, 7) is 19.6. The molecule has 2 unspecified atom stereocenters. The second kappa shape index (κ2) is 9.48. The molecule has 2 heteroatoms. The van der Waals surface area contributed by atoms with Crippen molar-refractivity contribution < 1.29 is 16.6 Å². The molecule has 33 heavy (non-hydrogen) atoms. The Hall–Kier alpha value is -1.15. The van der Waals surface area contributed by atoms with Gasteiger partial charge in [0.15, 0.2) is 0 Å². The van der Waals surface area contributed by atoms with Crippen LogP contribution in [0.15, 0.2) is 69.1 Å². The van der Waals surface area contributed by atoms with Crippen molar-refractivity contribution >= 4 is 18.4 Å². The monoisotopic (exact) mass is 494 g/mol. The first-order valence-electron chi connectivity index (χ1n) is 13.0. The molecule has 0 N–H and O–H groups in total. The van der Waals surface area contributed by atoms with E-state index in [9.17, 15) is 0 Å². The van der Waals surface area contributed by atoms with Crippen molar-refractivity contribution in [3.63, 3.8) is 0 Å². The normalized spacial score (nSPS) is 21.2. The average Bonchev–Trinajstić information content (AvgIpc) is 2.94. The van der Waals surface area contributed by atoms with E-state index in [0.29, 0.717) is 5.54 Å². The number of rotatable bonds is 7. The second-order valence-corrected chi connectivity index (χ2v) is 24.4. The molecule has 0 nitrogen and oxygen atoms in total. The van der Waals surface area contributed by atoms with Gasteiger partial charge in [0.25, 0.3) is 0 Å². The minimum absolute atomic E-state index is 0.103. The number of aryl methyl sites for hydroxylation is 2. The van der Waals surface area contributed by atoms with Crippen molar-refractivity contribution in [2.24, 2.45) is 0 Å². The fourth-order valence-electron chi connectivity index (χ4n) is 7.30. The first-order chi connectivity index (χ1) is 15.4. The van der Waals surface area contributed by atoms with Crippen LogP contribution in [0.2, 0.25) is 26.3 Å².